The van der Waals surface area contributed by atoms with Gasteiger partial charge < -0.3 is 4.42 Å². The van der Waals surface area contributed by atoms with Crippen molar-refractivity contribution in [3.8, 4) is 11.3 Å². The number of nitro benzene ring substituents is 1. The van der Waals surface area contributed by atoms with E-state index in [1.165, 1.54) is 34.9 Å². The lowest BCUT2D eigenvalue weighted by Gasteiger charge is -2.16. The summed E-state index contributed by atoms with van der Waals surface area (Å²) in [5.74, 6) is 0.549. The van der Waals surface area contributed by atoms with Crippen molar-refractivity contribution in [2.75, 3.05) is 4.90 Å². The monoisotopic (exact) mass is 456 g/mol. The molecule has 1 fully saturated rings. The predicted octanol–water partition coefficient (Wildman–Crippen LogP) is 6.22. The van der Waals surface area contributed by atoms with Crippen LogP contribution in [-0.2, 0) is 4.79 Å². The first kappa shape index (κ1) is 20.3. The van der Waals surface area contributed by atoms with Gasteiger partial charge in [-0.1, -0.05) is 53.8 Å². The molecule has 1 aromatic heterocycles. The Bertz CT molecular complexity index is 1240. The number of amides is 1. The van der Waals surface area contributed by atoms with Crippen molar-refractivity contribution in [3.63, 3.8) is 0 Å². The van der Waals surface area contributed by atoms with Gasteiger partial charge >= 0.3 is 0 Å². The molecular weight excluding hydrogens is 444 g/mol. The van der Waals surface area contributed by atoms with E-state index in [2.05, 4.69) is 0 Å². The van der Waals surface area contributed by atoms with Crippen LogP contribution in [0.15, 0.2) is 63.9 Å². The maximum Gasteiger partial charge on any atom is 0.270 e. The van der Waals surface area contributed by atoms with Gasteiger partial charge in [0.15, 0.2) is 4.32 Å². The van der Waals surface area contributed by atoms with Crippen molar-refractivity contribution in [3.05, 3.63) is 86.0 Å². The average Bonchev–Trinajstić information content (AvgIpc) is 3.27. The summed E-state index contributed by atoms with van der Waals surface area (Å²) in [6.07, 6.45) is 1.60. The molecule has 3 aromatic rings. The summed E-state index contributed by atoms with van der Waals surface area (Å²) in [6, 6.07) is 15.0. The van der Waals surface area contributed by atoms with Crippen LogP contribution in [0, 0.1) is 17.0 Å². The van der Waals surface area contributed by atoms with E-state index < -0.39 is 4.92 Å². The Labute approximate surface area is 186 Å². The fraction of sp³-hybridized carbons (Fsp3) is 0.0476. The summed E-state index contributed by atoms with van der Waals surface area (Å²) in [4.78, 5) is 25.4. The van der Waals surface area contributed by atoms with E-state index in [4.69, 9.17) is 28.2 Å². The summed E-state index contributed by atoms with van der Waals surface area (Å²) in [5, 5.41) is 11.4. The molecule has 0 bridgehead atoms. The molecule has 0 unspecified atom stereocenters. The topological polar surface area (TPSA) is 76.6 Å². The number of anilines is 1. The van der Waals surface area contributed by atoms with Crippen molar-refractivity contribution in [2.45, 2.75) is 6.92 Å². The lowest BCUT2D eigenvalue weighted by molar-refractivity contribution is -0.384. The summed E-state index contributed by atoms with van der Waals surface area (Å²) in [7, 11) is 0. The number of hydrogen-bond donors (Lipinski definition) is 0. The second kappa shape index (κ2) is 8.06. The largest absolute Gasteiger partial charge is 0.457 e. The number of non-ortho nitro benzene ring substituents is 1. The van der Waals surface area contributed by atoms with Gasteiger partial charge in [0.1, 0.15) is 11.5 Å². The molecule has 4 rings (SSSR count). The number of aryl methyl sites for hydroxylation is 1. The molecule has 30 heavy (non-hydrogen) atoms. The van der Waals surface area contributed by atoms with Crippen LogP contribution in [0.4, 0.5) is 11.4 Å². The van der Waals surface area contributed by atoms with Crippen LogP contribution in [0.25, 0.3) is 17.4 Å². The molecule has 0 saturated carbocycles. The second-order valence-corrected chi connectivity index (χ2v) is 8.51. The highest BCUT2D eigenvalue weighted by Gasteiger charge is 2.34. The fourth-order valence-electron chi connectivity index (χ4n) is 3.01. The van der Waals surface area contributed by atoms with Crippen LogP contribution in [-0.4, -0.2) is 15.2 Å². The van der Waals surface area contributed by atoms with Gasteiger partial charge in [0.05, 0.1) is 20.5 Å². The molecule has 1 saturated heterocycles. The second-order valence-electron chi connectivity index (χ2n) is 6.43. The quantitative estimate of drug-likeness (QED) is 0.201. The van der Waals surface area contributed by atoms with Gasteiger partial charge in [-0.25, -0.2) is 0 Å². The number of furan rings is 1. The molecule has 1 aliphatic heterocycles. The van der Waals surface area contributed by atoms with Gasteiger partial charge in [-0.3, -0.25) is 19.8 Å². The maximum absolute atomic E-state index is 12.9. The first-order chi connectivity index (χ1) is 14.3. The third kappa shape index (κ3) is 3.77. The zero-order valence-corrected chi connectivity index (χ0v) is 17.9. The molecule has 2 aromatic carbocycles. The van der Waals surface area contributed by atoms with Gasteiger partial charge in [0.2, 0.25) is 0 Å². The Morgan fingerprint density at radius 3 is 2.70 bits per heavy atom. The maximum atomic E-state index is 12.9. The third-order valence-corrected chi connectivity index (χ3v) is 6.11. The molecule has 6 nitrogen and oxygen atoms in total. The molecule has 0 spiro atoms. The van der Waals surface area contributed by atoms with Crippen LogP contribution >= 0.6 is 35.6 Å². The van der Waals surface area contributed by atoms with Gasteiger partial charge in [0.25, 0.3) is 11.6 Å². The SMILES string of the molecule is Cc1ccccc1N1C(=O)C(=Cc2ccc(-c3cc([N+](=O)[O-])ccc3Cl)o2)SC1=S. The van der Waals surface area contributed by atoms with E-state index in [0.717, 1.165) is 11.3 Å². The number of halogens is 1. The number of rotatable bonds is 4. The average molecular weight is 457 g/mol. The number of nitro groups is 1. The Hall–Kier alpha value is -2.94. The van der Waals surface area contributed by atoms with Gasteiger partial charge in [-0.15, -0.1) is 0 Å². The Kier molecular flexibility index (Phi) is 5.46. The first-order valence-corrected chi connectivity index (χ1v) is 10.3. The van der Waals surface area contributed by atoms with E-state index in [0.29, 0.717) is 31.3 Å². The number of carbonyl (C=O) groups excluding carboxylic acids is 1. The first-order valence-electron chi connectivity index (χ1n) is 8.73. The number of benzene rings is 2. The van der Waals surface area contributed by atoms with Crippen molar-refractivity contribution < 1.29 is 14.1 Å². The highest BCUT2D eigenvalue weighted by molar-refractivity contribution is 8.27. The standard InChI is InChI=1S/C21H13ClN2O4S2/c1-12-4-2-3-5-17(12)23-20(25)19(30-21(23)29)11-14-7-9-18(28-14)15-10-13(24(26)27)6-8-16(15)22/h2-11H,1H3. The van der Waals surface area contributed by atoms with Gasteiger partial charge in [-0.05, 0) is 36.8 Å². The minimum Gasteiger partial charge on any atom is -0.457 e. The van der Waals surface area contributed by atoms with Crippen molar-refractivity contribution in [2.24, 2.45) is 0 Å². The smallest absolute Gasteiger partial charge is 0.270 e. The van der Waals surface area contributed by atoms with E-state index in [9.17, 15) is 14.9 Å². The zero-order chi connectivity index (χ0) is 21.4. The molecule has 150 valence electrons. The normalized spacial score (nSPS) is 15.3. The summed E-state index contributed by atoms with van der Waals surface area (Å²) in [6.45, 7) is 1.92. The van der Waals surface area contributed by atoms with E-state index in [1.54, 1.807) is 18.2 Å². The number of para-hydroxylation sites is 1. The summed E-state index contributed by atoms with van der Waals surface area (Å²) < 4.78 is 6.22. The Morgan fingerprint density at radius 2 is 1.97 bits per heavy atom. The van der Waals surface area contributed by atoms with Crippen molar-refractivity contribution in [1.82, 2.24) is 0 Å². The Morgan fingerprint density at radius 1 is 1.20 bits per heavy atom. The highest BCUT2D eigenvalue weighted by Crippen LogP contribution is 2.38. The summed E-state index contributed by atoms with van der Waals surface area (Å²) >= 11 is 12.8. The molecule has 1 aliphatic rings. The molecule has 0 N–H and O–H groups in total. The van der Waals surface area contributed by atoms with Crippen LogP contribution in [0.3, 0.4) is 0 Å². The van der Waals surface area contributed by atoms with E-state index >= 15 is 0 Å². The zero-order valence-electron chi connectivity index (χ0n) is 15.5. The fourth-order valence-corrected chi connectivity index (χ4v) is 4.49. The number of nitrogens with zero attached hydrogens (tertiary/aromatic N) is 2. The van der Waals surface area contributed by atoms with Crippen molar-refractivity contribution in [1.29, 1.82) is 0 Å². The summed E-state index contributed by atoms with van der Waals surface area (Å²) in [5.41, 5.74) is 1.99. The molecule has 2 heterocycles. The minimum absolute atomic E-state index is 0.0912. The predicted molar refractivity (Wildman–Crippen MR) is 123 cm³/mol. The van der Waals surface area contributed by atoms with Crippen LogP contribution < -0.4 is 4.90 Å². The molecule has 0 radical (unpaired) electrons. The number of thioether (sulfide) groups is 1. The van der Waals surface area contributed by atoms with E-state index in [1.807, 2.05) is 31.2 Å². The van der Waals surface area contributed by atoms with Crippen LogP contribution in [0.1, 0.15) is 11.3 Å². The lowest BCUT2D eigenvalue weighted by atomic mass is 10.1. The number of hydrogen-bond acceptors (Lipinski definition) is 6. The minimum atomic E-state index is -0.499. The van der Waals surface area contributed by atoms with Crippen LogP contribution in [0.2, 0.25) is 5.02 Å². The van der Waals surface area contributed by atoms with Crippen molar-refractivity contribution >= 4 is 63.3 Å². The molecule has 0 aliphatic carbocycles. The lowest BCUT2D eigenvalue weighted by Crippen LogP contribution is -2.28. The van der Waals surface area contributed by atoms with Gasteiger partial charge in [-0.2, -0.15) is 0 Å². The van der Waals surface area contributed by atoms with Gasteiger partial charge in [0, 0.05) is 23.8 Å². The van der Waals surface area contributed by atoms with E-state index in [-0.39, 0.29) is 11.6 Å². The molecular formula is C21H13ClN2O4S2. The number of carbonyl (C=O) groups is 1. The number of thiocarbonyl (C=S) groups is 1. The molecule has 9 heteroatoms. The molecule has 1 amide bonds. The third-order valence-electron chi connectivity index (χ3n) is 4.48. The molecule has 0 atom stereocenters. The Balaban J connectivity index is 1.65. The highest BCUT2D eigenvalue weighted by atomic mass is 35.5. The van der Waals surface area contributed by atoms with Crippen LogP contribution in [0.5, 0.6) is 0 Å².